The van der Waals surface area contributed by atoms with Crippen LogP contribution in [0.1, 0.15) is 16.1 Å². The second-order valence-corrected chi connectivity index (χ2v) is 6.77. The van der Waals surface area contributed by atoms with Gasteiger partial charge >= 0.3 is 0 Å². The van der Waals surface area contributed by atoms with Gasteiger partial charge in [-0.05, 0) is 31.2 Å². The number of likely N-dealkylation sites (N-methyl/N-ethyl adjacent to an activating group) is 1. The van der Waals surface area contributed by atoms with E-state index in [9.17, 15) is 4.79 Å². The Bertz CT molecular complexity index is 942. The van der Waals surface area contributed by atoms with Crippen molar-refractivity contribution in [2.75, 3.05) is 20.2 Å². The molecule has 0 aliphatic rings. The lowest BCUT2D eigenvalue weighted by Crippen LogP contribution is -2.31. The maximum Gasteiger partial charge on any atom is 0.258 e. The lowest BCUT2D eigenvalue weighted by Gasteiger charge is -2.17. The number of benzene rings is 2. The molecule has 0 radical (unpaired) electrons. The number of rotatable bonds is 6. The minimum atomic E-state index is -0.206. The fourth-order valence-corrected chi connectivity index (χ4v) is 3.17. The van der Waals surface area contributed by atoms with Gasteiger partial charge in [0.2, 0.25) is 0 Å². The van der Waals surface area contributed by atoms with Crippen molar-refractivity contribution in [2.24, 2.45) is 0 Å². The number of para-hydroxylation sites is 2. The largest absolute Gasteiger partial charge is 0.490 e. The van der Waals surface area contributed by atoms with Gasteiger partial charge in [-0.25, -0.2) is 4.68 Å². The third kappa shape index (κ3) is 4.26. The Kier molecular flexibility index (Phi) is 6.04. The first-order valence-electron chi connectivity index (χ1n) is 8.42. The molecule has 1 heterocycles. The zero-order valence-corrected chi connectivity index (χ0v) is 16.5. The molecule has 0 fully saturated rings. The van der Waals surface area contributed by atoms with Crippen LogP contribution in [0.4, 0.5) is 0 Å². The highest BCUT2D eigenvalue weighted by Gasteiger charge is 2.23. The van der Waals surface area contributed by atoms with Gasteiger partial charge in [0.25, 0.3) is 5.91 Å². The molecule has 1 amide bonds. The molecule has 0 N–H and O–H groups in total. The van der Waals surface area contributed by atoms with Crippen molar-refractivity contribution in [2.45, 2.75) is 6.92 Å². The molecule has 0 saturated heterocycles. The zero-order valence-electron chi connectivity index (χ0n) is 15.0. The van der Waals surface area contributed by atoms with Gasteiger partial charge < -0.3 is 9.64 Å². The van der Waals surface area contributed by atoms with E-state index >= 15 is 0 Å². The number of carbonyl (C=O) groups is 1. The molecule has 0 atom stereocenters. The van der Waals surface area contributed by atoms with Crippen LogP contribution in [0.3, 0.4) is 0 Å². The summed E-state index contributed by atoms with van der Waals surface area (Å²) in [6.45, 7) is 2.47. The summed E-state index contributed by atoms with van der Waals surface area (Å²) in [7, 11) is 1.70. The smallest absolute Gasteiger partial charge is 0.258 e. The molecule has 7 heteroatoms. The molecule has 0 aliphatic heterocycles. The van der Waals surface area contributed by atoms with E-state index < -0.39 is 0 Å². The topological polar surface area (TPSA) is 47.4 Å². The van der Waals surface area contributed by atoms with E-state index in [0.717, 1.165) is 5.69 Å². The standard InChI is InChI=1S/C20H19Cl2N3O2/c1-14-18(19(22)25(23-14)15-8-4-3-5-9-15)20(26)24(2)12-13-27-17-11-7-6-10-16(17)21/h3-11H,12-13H2,1-2H3. The molecular formula is C20H19Cl2N3O2. The Balaban J connectivity index is 1.70. The van der Waals surface area contributed by atoms with E-state index in [2.05, 4.69) is 5.10 Å². The predicted octanol–water partition coefficient (Wildman–Crippen LogP) is 4.64. The third-order valence-electron chi connectivity index (χ3n) is 4.09. The molecule has 0 spiro atoms. The fraction of sp³-hybridized carbons (Fsp3) is 0.200. The lowest BCUT2D eigenvalue weighted by atomic mass is 10.2. The first-order valence-corrected chi connectivity index (χ1v) is 9.18. The van der Waals surface area contributed by atoms with E-state index in [-0.39, 0.29) is 5.91 Å². The van der Waals surface area contributed by atoms with Crippen molar-refractivity contribution in [3.8, 4) is 11.4 Å². The molecule has 3 rings (SSSR count). The van der Waals surface area contributed by atoms with Crippen LogP contribution >= 0.6 is 23.2 Å². The quantitative estimate of drug-likeness (QED) is 0.602. The molecule has 2 aromatic carbocycles. The highest BCUT2D eigenvalue weighted by molar-refractivity contribution is 6.33. The minimum absolute atomic E-state index is 0.206. The van der Waals surface area contributed by atoms with E-state index in [4.69, 9.17) is 27.9 Å². The monoisotopic (exact) mass is 403 g/mol. The molecule has 140 valence electrons. The Labute approximate surface area is 168 Å². The van der Waals surface area contributed by atoms with E-state index in [1.807, 2.05) is 42.5 Å². The number of carbonyl (C=O) groups excluding carboxylic acids is 1. The zero-order chi connectivity index (χ0) is 19.4. The maximum atomic E-state index is 12.8. The summed E-state index contributed by atoms with van der Waals surface area (Å²) >= 11 is 12.5. The average Bonchev–Trinajstić information content (AvgIpc) is 2.97. The highest BCUT2D eigenvalue weighted by atomic mass is 35.5. The summed E-state index contributed by atoms with van der Waals surface area (Å²) in [4.78, 5) is 14.4. The number of ether oxygens (including phenoxy) is 1. The number of hydrogen-bond acceptors (Lipinski definition) is 3. The molecule has 0 aliphatic carbocycles. The number of nitrogens with zero attached hydrogens (tertiary/aromatic N) is 3. The maximum absolute atomic E-state index is 12.8. The van der Waals surface area contributed by atoms with E-state index in [0.29, 0.717) is 40.3 Å². The van der Waals surface area contributed by atoms with Crippen molar-refractivity contribution in [3.63, 3.8) is 0 Å². The molecule has 0 bridgehead atoms. The Morgan fingerprint density at radius 3 is 2.48 bits per heavy atom. The van der Waals surface area contributed by atoms with Crippen LogP contribution in [0.5, 0.6) is 5.75 Å². The SMILES string of the molecule is Cc1nn(-c2ccccc2)c(Cl)c1C(=O)N(C)CCOc1ccccc1Cl. The second-order valence-electron chi connectivity index (χ2n) is 6.00. The molecular weight excluding hydrogens is 385 g/mol. The number of aromatic nitrogens is 2. The lowest BCUT2D eigenvalue weighted by molar-refractivity contribution is 0.0773. The van der Waals surface area contributed by atoms with Crippen LogP contribution in [-0.4, -0.2) is 40.8 Å². The summed E-state index contributed by atoms with van der Waals surface area (Å²) in [5.74, 6) is 0.383. The summed E-state index contributed by atoms with van der Waals surface area (Å²) in [5.41, 5.74) is 1.77. The number of amides is 1. The van der Waals surface area contributed by atoms with Gasteiger partial charge in [-0.2, -0.15) is 5.10 Å². The Morgan fingerprint density at radius 2 is 1.78 bits per heavy atom. The van der Waals surface area contributed by atoms with E-state index in [1.165, 1.54) is 0 Å². The minimum Gasteiger partial charge on any atom is -0.490 e. The van der Waals surface area contributed by atoms with Gasteiger partial charge in [-0.3, -0.25) is 4.79 Å². The average molecular weight is 404 g/mol. The molecule has 27 heavy (non-hydrogen) atoms. The molecule has 1 aromatic heterocycles. The van der Waals surface area contributed by atoms with Crippen LogP contribution in [-0.2, 0) is 0 Å². The number of halogens is 2. The molecule has 0 unspecified atom stereocenters. The first kappa shape index (κ1) is 19.3. The van der Waals surface area contributed by atoms with Crippen LogP contribution in [0.25, 0.3) is 5.69 Å². The van der Waals surface area contributed by atoms with Crippen LogP contribution in [0.15, 0.2) is 54.6 Å². The highest BCUT2D eigenvalue weighted by Crippen LogP contribution is 2.25. The predicted molar refractivity (Wildman–Crippen MR) is 107 cm³/mol. The van der Waals surface area contributed by atoms with Crippen LogP contribution < -0.4 is 4.74 Å². The van der Waals surface area contributed by atoms with Crippen molar-refractivity contribution < 1.29 is 9.53 Å². The van der Waals surface area contributed by atoms with Gasteiger partial charge in [-0.1, -0.05) is 53.5 Å². The summed E-state index contributed by atoms with van der Waals surface area (Å²) in [6.07, 6.45) is 0. The van der Waals surface area contributed by atoms with Crippen molar-refractivity contribution in [3.05, 3.63) is 76.0 Å². The molecule has 3 aromatic rings. The van der Waals surface area contributed by atoms with Crippen LogP contribution in [0.2, 0.25) is 10.2 Å². The molecule has 5 nitrogen and oxygen atoms in total. The summed E-state index contributed by atoms with van der Waals surface area (Å²) in [5, 5.41) is 5.24. The van der Waals surface area contributed by atoms with E-state index in [1.54, 1.807) is 35.7 Å². The number of hydrogen-bond donors (Lipinski definition) is 0. The van der Waals surface area contributed by atoms with Gasteiger partial charge in [0.15, 0.2) is 0 Å². The van der Waals surface area contributed by atoms with Crippen molar-refractivity contribution in [1.29, 1.82) is 0 Å². The van der Waals surface area contributed by atoms with Gasteiger partial charge in [-0.15, -0.1) is 0 Å². The van der Waals surface area contributed by atoms with Gasteiger partial charge in [0.05, 0.1) is 28.5 Å². The summed E-state index contributed by atoms with van der Waals surface area (Å²) < 4.78 is 7.22. The fourth-order valence-electron chi connectivity index (χ4n) is 2.63. The summed E-state index contributed by atoms with van der Waals surface area (Å²) in [6, 6.07) is 16.7. The van der Waals surface area contributed by atoms with Gasteiger partial charge in [0.1, 0.15) is 17.5 Å². The molecule has 0 saturated carbocycles. The van der Waals surface area contributed by atoms with Gasteiger partial charge in [0, 0.05) is 7.05 Å². The second kappa shape index (κ2) is 8.46. The third-order valence-corrected chi connectivity index (χ3v) is 4.75. The van der Waals surface area contributed by atoms with Crippen molar-refractivity contribution >= 4 is 29.1 Å². The van der Waals surface area contributed by atoms with Crippen molar-refractivity contribution in [1.82, 2.24) is 14.7 Å². The normalized spacial score (nSPS) is 10.7. The number of aryl methyl sites for hydroxylation is 1. The Morgan fingerprint density at radius 1 is 1.11 bits per heavy atom. The Hall–Kier alpha value is -2.50. The van der Waals surface area contributed by atoms with Crippen LogP contribution in [0, 0.1) is 6.92 Å². The first-order chi connectivity index (χ1) is 13.0.